The predicted octanol–water partition coefficient (Wildman–Crippen LogP) is 3.04. The van der Waals surface area contributed by atoms with E-state index in [9.17, 15) is 14.4 Å². The number of piperidine rings is 1. The molecule has 0 aliphatic carbocycles. The first kappa shape index (κ1) is 28.8. The van der Waals surface area contributed by atoms with E-state index in [1.165, 1.54) is 0 Å². The second-order valence-electron chi connectivity index (χ2n) is 10.5. The number of benzene rings is 1. The minimum absolute atomic E-state index is 0.0775. The van der Waals surface area contributed by atoms with Crippen molar-refractivity contribution >= 4 is 23.6 Å². The summed E-state index contributed by atoms with van der Waals surface area (Å²) in [5.41, 5.74) is 7.76. The lowest BCUT2D eigenvalue weighted by Gasteiger charge is -2.36. The highest BCUT2D eigenvalue weighted by Crippen LogP contribution is 2.22. The van der Waals surface area contributed by atoms with Crippen LogP contribution in [0.1, 0.15) is 60.9 Å². The fourth-order valence-electron chi connectivity index (χ4n) is 4.27. The Bertz CT molecular complexity index is 1130. The molecule has 1 aliphatic rings. The first-order valence-corrected chi connectivity index (χ1v) is 12.7. The quantitative estimate of drug-likeness (QED) is 0.535. The first-order chi connectivity index (χ1) is 17.8. The summed E-state index contributed by atoms with van der Waals surface area (Å²) < 4.78 is 10.9. The van der Waals surface area contributed by atoms with E-state index in [1.807, 2.05) is 12.1 Å². The summed E-state index contributed by atoms with van der Waals surface area (Å²) in [5.74, 6) is -0.585. The van der Waals surface area contributed by atoms with Gasteiger partial charge in [0.1, 0.15) is 5.60 Å². The van der Waals surface area contributed by atoms with Crippen molar-refractivity contribution < 1.29 is 23.9 Å². The van der Waals surface area contributed by atoms with E-state index in [0.717, 1.165) is 38.0 Å². The zero-order valence-corrected chi connectivity index (χ0v) is 23.0. The number of likely N-dealkylation sites (N-methyl/N-ethyl adjacent to an activating group) is 1. The lowest BCUT2D eigenvalue weighted by Crippen LogP contribution is -2.46. The van der Waals surface area contributed by atoms with Crippen LogP contribution in [0.2, 0.25) is 0 Å². The number of nitrogens with one attached hydrogen (secondary N) is 1. The van der Waals surface area contributed by atoms with Gasteiger partial charge < -0.3 is 20.1 Å². The Labute approximate surface area is 223 Å². The molecule has 0 saturated carbocycles. The standard InChI is InChI=1S/C27H38N6O5/c1-17-23(31-26(36)38-27(3,4)5)18(2)30-25(29-17)37-16-22(34)32(6)21-11-13-33(14-12-21)15-19-7-9-20(10-8-19)24(28)35/h7-10,21H,11-16H2,1-6H3,(H2,28,35)(H,31,36). The van der Waals surface area contributed by atoms with Gasteiger partial charge in [-0.05, 0) is 65.2 Å². The number of ether oxygens (including phenoxy) is 2. The second-order valence-corrected chi connectivity index (χ2v) is 10.5. The number of hydrogen-bond acceptors (Lipinski definition) is 8. The van der Waals surface area contributed by atoms with Crippen LogP contribution in [0.25, 0.3) is 0 Å². The number of nitrogens with two attached hydrogens (primary N) is 1. The highest BCUT2D eigenvalue weighted by atomic mass is 16.6. The Balaban J connectivity index is 1.47. The maximum Gasteiger partial charge on any atom is 0.412 e. The Hall–Kier alpha value is -3.73. The molecule has 2 aromatic rings. The number of carbonyl (C=O) groups is 3. The predicted molar refractivity (Wildman–Crippen MR) is 143 cm³/mol. The van der Waals surface area contributed by atoms with E-state index in [0.29, 0.717) is 22.6 Å². The molecule has 0 atom stereocenters. The highest BCUT2D eigenvalue weighted by Gasteiger charge is 2.26. The molecule has 1 aliphatic heterocycles. The minimum atomic E-state index is -0.627. The summed E-state index contributed by atoms with van der Waals surface area (Å²) in [7, 11) is 1.79. The fraction of sp³-hybridized carbons (Fsp3) is 0.519. The van der Waals surface area contributed by atoms with Crippen molar-refractivity contribution in [1.29, 1.82) is 0 Å². The van der Waals surface area contributed by atoms with Crippen molar-refractivity contribution in [2.24, 2.45) is 5.73 Å². The largest absolute Gasteiger partial charge is 0.453 e. The Morgan fingerprint density at radius 2 is 1.66 bits per heavy atom. The summed E-state index contributed by atoms with van der Waals surface area (Å²) >= 11 is 0. The molecular formula is C27H38N6O5. The van der Waals surface area contributed by atoms with Gasteiger partial charge in [-0.2, -0.15) is 9.97 Å². The molecule has 1 fully saturated rings. The molecule has 1 aromatic carbocycles. The molecular weight excluding hydrogens is 488 g/mol. The van der Waals surface area contributed by atoms with Crippen LogP contribution in [0.5, 0.6) is 6.01 Å². The van der Waals surface area contributed by atoms with Gasteiger partial charge in [0.25, 0.3) is 5.91 Å². The zero-order valence-electron chi connectivity index (χ0n) is 23.0. The van der Waals surface area contributed by atoms with Gasteiger partial charge in [0.2, 0.25) is 5.91 Å². The summed E-state index contributed by atoms with van der Waals surface area (Å²) in [4.78, 5) is 48.8. The van der Waals surface area contributed by atoms with Crippen molar-refractivity contribution in [2.45, 2.75) is 65.6 Å². The molecule has 2 heterocycles. The normalized spacial score (nSPS) is 14.6. The van der Waals surface area contributed by atoms with Crippen molar-refractivity contribution in [2.75, 3.05) is 32.1 Å². The molecule has 3 N–H and O–H groups in total. The number of aromatic nitrogens is 2. The van der Waals surface area contributed by atoms with Crippen LogP contribution in [0.4, 0.5) is 10.5 Å². The molecule has 0 unspecified atom stereocenters. The maximum absolute atomic E-state index is 12.8. The minimum Gasteiger partial charge on any atom is -0.453 e. The summed E-state index contributed by atoms with van der Waals surface area (Å²) in [6.45, 7) is 11.1. The third kappa shape index (κ3) is 8.14. The van der Waals surface area contributed by atoms with E-state index >= 15 is 0 Å². The Morgan fingerprint density at radius 3 is 2.18 bits per heavy atom. The van der Waals surface area contributed by atoms with Crippen LogP contribution >= 0.6 is 0 Å². The SMILES string of the molecule is Cc1nc(OCC(=O)N(C)C2CCN(Cc3ccc(C(N)=O)cc3)CC2)nc(C)c1NC(=O)OC(C)(C)C. The van der Waals surface area contributed by atoms with Gasteiger partial charge in [0, 0.05) is 38.3 Å². The van der Waals surface area contributed by atoms with Crippen molar-refractivity contribution in [1.82, 2.24) is 19.8 Å². The molecule has 3 rings (SSSR count). The summed E-state index contributed by atoms with van der Waals surface area (Å²) in [6, 6.07) is 7.52. The second kappa shape index (κ2) is 12.2. The number of carbonyl (C=O) groups excluding carboxylic acids is 3. The smallest absolute Gasteiger partial charge is 0.412 e. The number of hydrogen-bond donors (Lipinski definition) is 2. The molecule has 11 heteroatoms. The van der Waals surface area contributed by atoms with Crippen LogP contribution in [0, 0.1) is 13.8 Å². The van der Waals surface area contributed by atoms with Gasteiger partial charge in [0.15, 0.2) is 6.61 Å². The molecule has 11 nitrogen and oxygen atoms in total. The molecule has 3 amide bonds. The van der Waals surface area contributed by atoms with Crippen LogP contribution in [-0.4, -0.2) is 76.1 Å². The van der Waals surface area contributed by atoms with E-state index in [4.69, 9.17) is 15.2 Å². The van der Waals surface area contributed by atoms with Gasteiger partial charge in [-0.15, -0.1) is 0 Å². The maximum atomic E-state index is 12.8. The topological polar surface area (TPSA) is 140 Å². The first-order valence-electron chi connectivity index (χ1n) is 12.7. The molecule has 0 spiro atoms. The summed E-state index contributed by atoms with van der Waals surface area (Å²) in [5, 5.41) is 2.67. The van der Waals surface area contributed by atoms with Gasteiger partial charge in [-0.1, -0.05) is 12.1 Å². The summed E-state index contributed by atoms with van der Waals surface area (Å²) in [6.07, 6.45) is 1.10. The third-order valence-electron chi connectivity index (χ3n) is 6.34. The van der Waals surface area contributed by atoms with Crippen molar-refractivity contribution in [3.05, 3.63) is 46.8 Å². The van der Waals surface area contributed by atoms with Crippen molar-refractivity contribution in [3.63, 3.8) is 0 Å². The number of anilines is 1. The molecule has 0 radical (unpaired) electrons. The third-order valence-corrected chi connectivity index (χ3v) is 6.34. The number of nitrogens with zero attached hydrogens (tertiary/aromatic N) is 4. The number of primary amides is 1. The van der Waals surface area contributed by atoms with Crippen LogP contribution in [-0.2, 0) is 16.1 Å². The van der Waals surface area contributed by atoms with Gasteiger partial charge in [-0.25, -0.2) is 4.79 Å². The number of likely N-dealkylation sites (tertiary alicyclic amines) is 1. The zero-order chi connectivity index (χ0) is 28.0. The highest BCUT2D eigenvalue weighted by molar-refractivity contribution is 5.92. The average Bonchev–Trinajstić information content (AvgIpc) is 2.84. The molecule has 1 aromatic heterocycles. The Morgan fingerprint density at radius 1 is 1.08 bits per heavy atom. The van der Waals surface area contributed by atoms with Crippen LogP contribution in [0.15, 0.2) is 24.3 Å². The number of aryl methyl sites for hydroxylation is 2. The van der Waals surface area contributed by atoms with E-state index < -0.39 is 17.6 Å². The van der Waals surface area contributed by atoms with E-state index in [-0.39, 0.29) is 24.6 Å². The van der Waals surface area contributed by atoms with E-state index in [2.05, 4.69) is 20.2 Å². The molecule has 38 heavy (non-hydrogen) atoms. The lowest BCUT2D eigenvalue weighted by molar-refractivity contribution is -0.135. The molecule has 0 bridgehead atoms. The Kier molecular flexibility index (Phi) is 9.26. The number of rotatable bonds is 8. The fourth-order valence-corrected chi connectivity index (χ4v) is 4.27. The average molecular weight is 527 g/mol. The van der Waals surface area contributed by atoms with Gasteiger partial charge in [0.05, 0.1) is 17.1 Å². The van der Waals surface area contributed by atoms with E-state index in [1.54, 1.807) is 58.7 Å². The lowest BCUT2D eigenvalue weighted by atomic mass is 10.0. The van der Waals surface area contributed by atoms with Crippen LogP contribution in [0.3, 0.4) is 0 Å². The monoisotopic (exact) mass is 526 g/mol. The molecule has 1 saturated heterocycles. The van der Waals surface area contributed by atoms with Gasteiger partial charge >= 0.3 is 12.1 Å². The van der Waals surface area contributed by atoms with Crippen LogP contribution < -0.4 is 15.8 Å². The van der Waals surface area contributed by atoms with Crippen molar-refractivity contribution in [3.8, 4) is 6.01 Å². The van der Waals surface area contributed by atoms with Gasteiger partial charge in [-0.3, -0.25) is 19.8 Å². The number of amides is 3. The molecule has 206 valence electrons.